The van der Waals surface area contributed by atoms with E-state index in [0.717, 1.165) is 5.56 Å². The maximum atomic E-state index is 11.9. The van der Waals surface area contributed by atoms with Crippen LogP contribution in [0, 0.1) is 0 Å². The fraction of sp³-hybridized carbons (Fsp3) is 0.214. The Bertz CT molecular complexity index is 609. The van der Waals surface area contributed by atoms with Crippen molar-refractivity contribution in [1.29, 1.82) is 0 Å². The molecule has 0 radical (unpaired) electrons. The van der Waals surface area contributed by atoms with E-state index in [-0.39, 0.29) is 11.1 Å². The number of carbonyl (C=O) groups excluding carboxylic acids is 1. The largest absolute Gasteiger partial charge is 0.493 e. The Kier molecular flexibility index (Phi) is 4.53. The van der Waals surface area contributed by atoms with Gasteiger partial charge in [-0.3, -0.25) is 4.79 Å². The first-order valence-corrected chi connectivity index (χ1v) is 6.25. The molecule has 0 spiro atoms. The van der Waals surface area contributed by atoms with Crippen molar-refractivity contribution in [2.45, 2.75) is 6.54 Å². The van der Waals surface area contributed by atoms with Crippen LogP contribution in [0.3, 0.4) is 0 Å². The Labute approximate surface area is 121 Å². The van der Waals surface area contributed by atoms with Crippen LogP contribution < -0.4 is 14.8 Å². The minimum Gasteiger partial charge on any atom is -0.493 e. The van der Waals surface area contributed by atoms with Gasteiger partial charge in [-0.15, -0.1) is 0 Å². The first-order chi connectivity index (χ1) is 9.65. The Hall–Kier alpha value is -2.14. The van der Waals surface area contributed by atoms with E-state index in [9.17, 15) is 4.79 Å². The third kappa shape index (κ3) is 3.05. The fourth-order valence-electron chi connectivity index (χ4n) is 1.72. The zero-order valence-electron chi connectivity index (χ0n) is 11.1. The van der Waals surface area contributed by atoms with Crippen LogP contribution in [0.5, 0.6) is 11.5 Å². The molecule has 0 fully saturated rings. The van der Waals surface area contributed by atoms with Crippen molar-refractivity contribution in [2.24, 2.45) is 0 Å². The molecule has 0 aliphatic carbocycles. The van der Waals surface area contributed by atoms with Crippen LogP contribution in [-0.2, 0) is 6.54 Å². The third-order valence-electron chi connectivity index (χ3n) is 2.76. The number of carbonyl (C=O) groups is 1. The third-order valence-corrected chi connectivity index (χ3v) is 3.06. The van der Waals surface area contributed by atoms with E-state index < -0.39 is 0 Å². The highest BCUT2D eigenvalue weighted by Gasteiger charge is 2.13. The molecule has 0 atom stereocenters. The number of amides is 1. The maximum absolute atomic E-state index is 11.9. The lowest BCUT2D eigenvalue weighted by Crippen LogP contribution is -2.22. The average molecular weight is 296 g/mol. The monoisotopic (exact) mass is 295 g/mol. The van der Waals surface area contributed by atoms with Crippen LogP contribution in [0.1, 0.15) is 15.9 Å². The Morgan fingerprint density at radius 3 is 2.60 bits per heavy atom. The van der Waals surface area contributed by atoms with Crippen LogP contribution in [0.4, 0.5) is 0 Å². The van der Waals surface area contributed by atoms with Crippen LogP contribution in [0.15, 0.2) is 34.9 Å². The standard InChI is InChI=1S/C14H14ClNO4/c1-18-11-4-3-9(7-12(11)19-2)8-16-14(17)10-5-6-20-13(10)15/h3-7H,8H2,1-2H3,(H,16,17). The number of hydrogen-bond acceptors (Lipinski definition) is 4. The maximum Gasteiger partial charge on any atom is 0.256 e. The summed E-state index contributed by atoms with van der Waals surface area (Å²) in [5.41, 5.74) is 1.20. The first-order valence-electron chi connectivity index (χ1n) is 5.87. The second kappa shape index (κ2) is 6.34. The Morgan fingerprint density at radius 2 is 2.00 bits per heavy atom. The number of halogens is 1. The van der Waals surface area contributed by atoms with Gasteiger partial charge in [0.2, 0.25) is 5.22 Å². The van der Waals surface area contributed by atoms with Crippen molar-refractivity contribution < 1.29 is 18.7 Å². The number of ether oxygens (including phenoxy) is 2. The quantitative estimate of drug-likeness (QED) is 0.921. The normalized spacial score (nSPS) is 10.2. The minimum atomic E-state index is -0.293. The zero-order chi connectivity index (χ0) is 14.5. The number of rotatable bonds is 5. The molecule has 1 aromatic carbocycles. The van der Waals surface area contributed by atoms with Gasteiger partial charge in [-0.1, -0.05) is 6.07 Å². The molecule has 1 amide bonds. The van der Waals surface area contributed by atoms with E-state index in [4.69, 9.17) is 25.5 Å². The van der Waals surface area contributed by atoms with Crippen molar-refractivity contribution in [1.82, 2.24) is 5.32 Å². The number of furan rings is 1. The predicted octanol–water partition coefficient (Wildman–Crippen LogP) is 2.88. The summed E-state index contributed by atoms with van der Waals surface area (Å²) in [5, 5.41) is 2.83. The van der Waals surface area contributed by atoms with E-state index in [2.05, 4.69) is 5.32 Å². The zero-order valence-corrected chi connectivity index (χ0v) is 11.9. The van der Waals surface area contributed by atoms with E-state index in [1.807, 2.05) is 6.07 Å². The minimum absolute atomic E-state index is 0.0785. The van der Waals surface area contributed by atoms with Crippen molar-refractivity contribution in [3.05, 3.63) is 46.9 Å². The van der Waals surface area contributed by atoms with Gasteiger partial charge in [0.25, 0.3) is 5.91 Å². The van der Waals surface area contributed by atoms with Crippen molar-refractivity contribution in [3.8, 4) is 11.5 Å². The number of nitrogens with one attached hydrogen (secondary N) is 1. The molecule has 1 aromatic heterocycles. The molecular weight excluding hydrogens is 282 g/mol. The Morgan fingerprint density at radius 1 is 1.25 bits per heavy atom. The van der Waals surface area contributed by atoms with Crippen molar-refractivity contribution >= 4 is 17.5 Å². The molecule has 20 heavy (non-hydrogen) atoms. The highest BCUT2D eigenvalue weighted by atomic mass is 35.5. The molecule has 0 bridgehead atoms. The fourth-order valence-corrected chi connectivity index (χ4v) is 1.92. The van der Waals surface area contributed by atoms with E-state index in [0.29, 0.717) is 23.6 Å². The molecule has 106 valence electrons. The SMILES string of the molecule is COc1ccc(CNC(=O)c2ccoc2Cl)cc1OC. The van der Waals surface area contributed by atoms with Gasteiger partial charge in [-0.2, -0.15) is 0 Å². The highest BCUT2D eigenvalue weighted by Crippen LogP contribution is 2.27. The molecule has 0 saturated carbocycles. The van der Waals surface area contributed by atoms with Gasteiger partial charge in [0.05, 0.1) is 26.0 Å². The molecule has 0 aliphatic heterocycles. The van der Waals surface area contributed by atoms with Crippen LogP contribution >= 0.6 is 11.6 Å². The van der Waals surface area contributed by atoms with Gasteiger partial charge in [0.15, 0.2) is 11.5 Å². The second-order valence-electron chi connectivity index (χ2n) is 3.98. The summed E-state index contributed by atoms with van der Waals surface area (Å²) in [4.78, 5) is 11.9. The van der Waals surface area contributed by atoms with Gasteiger partial charge in [0, 0.05) is 6.54 Å². The van der Waals surface area contributed by atoms with Crippen LogP contribution in [-0.4, -0.2) is 20.1 Å². The topological polar surface area (TPSA) is 60.7 Å². The van der Waals surface area contributed by atoms with Gasteiger partial charge >= 0.3 is 0 Å². The summed E-state index contributed by atoms with van der Waals surface area (Å²) in [7, 11) is 3.13. The molecule has 0 saturated heterocycles. The molecule has 5 nitrogen and oxygen atoms in total. The average Bonchev–Trinajstić information content (AvgIpc) is 2.90. The van der Waals surface area contributed by atoms with Crippen molar-refractivity contribution in [3.63, 3.8) is 0 Å². The highest BCUT2D eigenvalue weighted by molar-refractivity contribution is 6.32. The summed E-state index contributed by atoms with van der Waals surface area (Å²) in [5.74, 6) is 0.958. The summed E-state index contributed by atoms with van der Waals surface area (Å²) >= 11 is 5.74. The Balaban J connectivity index is 2.04. The van der Waals surface area contributed by atoms with Gasteiger partial charge < -0.3 is 19.2 Å². The van der Waals surface area contributed by atoms with Gasteiger partial charge in [-0.05, 0) is 35.4 Å². The molecule has 2 aromatic rings. The van der Waals surface area contributed by atoms with Gasteiger partial charge in [-0.25, -0.2) is 0 Å². The lowest BCUT2D eigenvalue weighted by molar-refractivity contribution is 0.0950. The summed E-state index contributed by atoms with van der Waals surface area (Å²) in [6.45, 7) is 0.348. The molecule has 0 unspecified atom stereocenters. The molecule has 1 N–H and O–H groups in total. The van der Waals surface area contributed by atoms with Crippen LogP contribution in [0.2, 0.25) is 5.22 Å². The lowest BCUT2D eigenvalue weighted by atomic mass is 10.2. The summed E-state index contributed by atoms with van der Waals surface area (Å²) < 4.78 is 15.2. The predicted molar refractivity (Wildman–Crippen MR) is 74.4 cm³/mol. The van der Waals surface area contributed by atoms with E-state index >= 15 is 0 Å². The summed E-state index contributed by atoms with van der Waals surface area (Å²) in [6.07, 6.45) is 1.37. The molecule has 0 aliphatic rings. The molecule has 6 heteroatoms. The number of hydrogen-bond donors (Lipinski definition) is 1. The lowest BCUT2D eigenvalue weighted by Gasteiger charge is -2.10. The number of benzene rings is 1. The smallest absolute Gasteiger partial charge is 0.256 e. The molecule has 1 heterocycles. The van der Waals surface area contributed by atoms with E-state index in [1.54, 1.807) is 26.4 Å². The van der Waals surface area contributed by atoms with E-state index in [1.165, 1.54) is 12.3 Å². The first kappa shape index (κ1) is 14.3. The van der Waals surface area contributed by atoms with Crippen molar-refractivity contribution in [2.75, 3.05) is 14.2 Å². The molecular formula is C14H14ClNO4. The summed E-state index contributed by atoms with van der Waals surface area (Å²) in [6, 6.07) is 6.95. The second-order valence-corrected chi connectivity index (χ2v) is 4.32. The number of methoxy groups -OCH3 is 2. The van der Waals surface area contributed by atoms with Gasteiger partial charge in [0.1, 0.15) is 0 Å². The van der Waals surface area contributed by atoms with Crippen LogP contribution in [0.25, 0.3) is 0 Å². The molecule has 2 rings (SSSR count).